The molecule has 0 atom stereocenters. The maximum atomic E-state index is 3.56. The number of hydrogen-bond acceptors (Lipinski definition) is 2. The van der Waals surface area contributed by atoms with Crippen molar-refractivity contribution in [2.75, 3.05) is 20.1 Å². The summed E-state index contributed by atoms with van der Waals surface area (Å²) in [6, 6.07) is 1.58. The first kappa shape index (κ1) is 13.0. The molecule has 1 N–H and O–H groups in total. The Bertz CT molecular complexity index is 153. The molecule has 2 nitrogen and oxygen atoms in total. The zero-order chi connectivity index (χ0) is 11.1. The Hall–Kier alpha value is -0.0800. The second kappa shape index (κ2) is 7.24. The van der Waals surface area contributed by atoms with Gasteiger partial charge in [-0.25, -0.2) is 0 Å². The van der Waals surface area contributed by atoms with E-state index in [2.05, 4.69) is 31.1 Å². The molecule has 1 fully saturated rings. The summed E-state index contributed by atoms with van der Waals surface area (Å²) in [5, 5.41) is 3.56. The highest BCUT2D eigenvalue weighted by molar-refractivity contribution is 4.80. The van der Waals surface area contributed by atoms with E-state index >= 15 is 0 Å². The van der Waals surface area contributed by atoms with Crippen molar-refractivity contribution < 1.29 is 0 Å². The third-order valence-electron chi connectivity index (χ3n) is 3.33. The van der Waals surface area contributed by atoms with E-state index < -0.39 is 0 Å². The Kier molecular flexibility index (Phi) is 6.26. The summed E-state index contributed by atoms with van der Waals surface area (Å²) in [6.45, 7) is 7.03. The molecule has 0 bridgehead atoms. The van der Waals surface area contributed by atoms with Crippen LogP contribution in [0, 0.1) is 0 Å². The van der Waals surface area contributed by atoms with Gasteiger partial charge in [0.1, 0.15) is 0 Å². The first-order valence-corrected chi connectivity index (χ1v) is 6.64. The van der Waals surface area contributed by atoms with E-state index in [4.69, 9.17) is 0 Å². The third-order valence-corrected chi connectivity index (χ3v) is 3.33. The van der Waals surface area contributed by atoms with Crippen LogP contribution in [-0.4, -0.2) is 37.1 Å². The zero-order valence-electron chi connectivity index (χ0n) is 10.8. The van der Waals surface area contributed by atoms with Gasteiger partial charge in [0.15, 0.2) is 0 Å². The monoisotopic (exact) mass is 212 g/mol. The van der Waals surface area contributed by atoms with Crippen LogP contribution in [0.25, 0.3) is 0 Å². The molecule has 0 aromatic heterocycles. The lowest BCUT2D eigenvalue weighted by Crippen LogP contribution is -2.27. The van der Waals surface area contributed by atoms with Crippen LogP contribution in [0.1, 0.15) is 52.4 Å². The molecule has 0 amide bonds. The Labute approximate surface area is 95.4 Å². The fourth-order valence-corrected chi connectivity index (χ4v) is 1.69. The van der Waals surface area contributed by atoms with Crippen LogP contribution in [0.2, 0.25) is 0 Å². The van der Waals surface area contributed by atoms with Crippen LogP contribution >= 0.6 is 0 Å². The van der Waals surface area contributed by atoms with Gasteiger partial charge in [-0.05, 0) is 59.7 Å². The lowest BCUT2D eigenvalue weighted by molar-refractivity contribution is 0.267. The number of unbranched alkanes of at least 4 members (excludes halogenated alkanes) is 3. The highest BCUT2D eigenvalue weighted by Gasteiger charge is 2.19. The van der Waals surface area contributed by atoms with Crippen LogP contribution in [0.15, 0.2) is 0 Å². The maximum Gasteiger partial charge on any atom is 0.00682 e. The highest BCUT2D eigenvalue weighted by atomic mass is 15.1. The predicted molar refractivity (Wildman–Crippen MR) is 67.3 cm³/mol. The molecule has 90 valence electrons. The van der Waals surface area contributed by atoms with E-state index in [1.165, 1.54) is 51.6 Å². The van der Waals surface area contributed by atoms with E-state index in [0.29, 0.717) is 6.04 Å². The fraction of sp³-hybridized carbons (Fsp3) is 1.00. The van der Waals surface area contributed by atoms with Crippen LogP contribution in [0.4, 0.5) is 0 Å². The minimum Gasteiger partial charge on any atom is -0.314 e. The van der Waals surface area contributed by atoms with E-state index in [-0.39, 0.29) is 0 Å². The Morgan fingerprint density at radius 3 is 2.40 bits per heavy atom. The van der Waals surface area contributed by atoms with Crippen molar-refractivity contribution in [3.63, 3.8) is 0 Å². The molecule has 1 aliphatic rings. The molecule has 0 aromatic carbocycles. The van der Waals surface area contributed by atoms with E-state index in [0.717, 1.165) is 6.04 Å². The van der Waals surface area contributed by atoms with Gasteiger partial charge in [-0.1, -0.05) is 12.8 Å². The van der Waals surface area contributed by atoms with E-state index in [9.17, 15) is 0 Å². The molecule has 1 saturated carbocycles. The van der Waals surface area contributed by atoms with Gasteiger partial charge < -0.3 is 10.2 Å². The van der Waals surface area contributed by atoms with Crippen LogP contribution in [0.5, 0.6) is 0 Å². The van der Waals surface area contributed by atoms with Crippen molar-refractivity contribution in [2.45, 2.75) is 64.5 Å². The Balaban J connectivity index is 1.75. The quantitative estimate of drug-likeness (QED) is 0.591. The molecule has 1 aliphatic carbocycles. The average molecular weight is 212 g/mol. The van der Waals surface area contributed by atoms with Gasteiger partial charge in [-0.3, -0.25) is 0 Å². The summed E-state index contributed by atoms with van der Waals surface area (Å²) in [6.07, 6.45) is 8.34. The number of rotatable bonds is 9. The molecular weight excluding hydrogens is 184 g/mol. The average Bonchev–Trinajstić information content (AvgIpc) is 2.99. The largest absolute Gasteiger partial charge is 0.314 e. The van der Waals surface area contributed by atoms with Gasteiger partial charge in [0.05, 0.1) is 0 Å². The standard InChI is InChI=1S/C13H28N2/c1-12(2)15(3)11-7-5-4-6-10-14-13-8-9-13/h12-14H,4-11H2,1-3H3. The summed E-state index contributed by atoms with van der Waals surface area (Å²) >= 11 is 0. The molecule has 0 heterocycles. The Morgan fingerprint density at radius 1 is 1.13 bits per heavy atom. The van der Waals surface area contributed by atoms with E-state index in [1.54, 1.807) is 0 Å². The maximum absolute atomic E-state index is 3.56. The van der Waals surface area contributed by atoms with Gasteiger partial charge in [0, 0.05) is 12.1 Å². The SMILES string of the molecule is CC(C)N(C)CCCCCCNC1CC1. The van der Waals surface area contributed by atoms with Gasteiger partial charge in [-0.15, -0.1) is 0 Å². The third kappa shape index (κ3) is 6.91. The summed E-state index contributed by atoms with van der Waals surface area (Å²) in [5.41, 5.74) is 0. The fourth-order valence-electron chi connectivity index (χ4n) is 1.69. The number of nitrogens with zero attached hydrogens (tertiary/aromatic N) is 1. The second-order valence-electron chi connectivity index (χ2n) is 5.22. The van der Waals surface area contributed by atoms with Crippen molar-refractivity contribution in [3.05, 3.63) is 0 Å². The lowest BCUT2D eigenvalue weighted by atomic mass is 10.2. The summed E-state index contributed by atoms with van der Waals surface area (Å²) < 4.78 is 0. The summed E-state index contributed by atoms with van der Waals surface area (Å²) in [5.74, 6) is 0. The van der Waals surface area contributed by atoms with Crippen LogP contribution in [-0.2, 0) is 0 Å². The van der Waals surface area contributed by atoms with Crippen molar-refractivity contribution in [3.8, 4) is 0 Å². The minimum atomic E-state index is 0.696. The Morgan fingerprint density at radius 2 is 1.80 bits per heavy atom. The minimum absolute atomic E-state index is 0.696. The number of nitrogens with one attached hydrogen (secondary N) is 1. The van der Waals surface area contributed by atoms with Crippen LogP contribution in [0.3, 0.4) is 0 Å². The van der Waals surface area contributed by atoms with Gasteiger partial charge in [0.2, 0.25) is 0 Å². The van der Waals surface area contributed by atoms with Crippen LogP contribution < -0.4 is 5.32 Å². The molecule has 2 heteroatoms. The normalized spacial score (nSPS) is 16.6. The first-order chi connectivity index (χ1) is 7.20. The topological polar surface area (TPSA) is 15.3 Å². The molecule has 0 spiro atoms. The number of hydrogen-bond donors (Lipinski definition) is 1. The molecule has 0 aliphatic heterocycles. The zero-order valence-corrected chi connectivity index (χ0v) is 10.8. The van der Waals surface area contributed by atoms with Gasteiger partial charge in [0.25, 0.3) is 0 Å². The van der Waals surface area contributed by atoms with Crippen molar-refractivity contribution in [1.82, 2.24) is 10.2 Å². The van der Waals surface area contributed by atoms with Crippen molar-refractivity contribution in [2.24, 2.45) is 0 Å². The molecule has 0 unspecified atom stereocenters. The molecule has 1 rings (SSSR count). The highest BCUT2D eigenvalue weighted by Crippen LogP contribution is 2.18. The molecule has 0 radical (unpaired) electrons. The smallest absolute Gasteiger partial charge is 0.00682 e. The molecule has 15 heavy (non-hydrogen) atoms. The van der Waals surface area contributed by atoms with Gasteiger partial charge >= 0.3 is 0 Å². The summed E-state index contributed by atoms with van der Waals surface area (Å²) in [4.78, 5) is 2.43. The van der Waals surface area contributed by atoms with Crippen molar-refractivity contribution >= 4 is 0 Å². The molecule has 0 aromatic rings. The first-order valence-electron chi connectivity index (χ1n) is 6.64. The lowest BCUT2D eigenvalue weighted by Gasteiger charge is -2.20. The second-order valence-corrected chi connectivity index (χ2v) is 5.22. The summed E-state index contributed by atoms with van der Waals surface area (Å²) in [7, 11) is 2.22. The van der Waals surface area contributed by atoms with Crippen molar-refractivity contribution in [1.29, 1.82) is 0 Å². The molecular formula is C13H28N2. The molecule has 0 saturated heterocycles. The van der Waals surface area contributed by atoms with Gasteiger partial charge in [-0.2, -0.15) is 0 Å². The van der Waals surface area contributed by atoms with E-state index in [1.807, 2.05) is 0 Å². The predicted octanol–water partition coefficient (Wildman–Crippen LogP) is 2.64.